The van der Waals surface area contributed by atoms with Crippen molar-refractivity contribution in [1.82, 2.24) is 4.57 Å². The van der Waals surface area contributed by atoms with Gasteiger partial charge in [0.1, 0.15) is 0 Å². The molecule has 0 unspecified atom stereocenters. The Labute approximate surface area is 244 Å². The Morgan fingerprint density at radius 3 is 1.64 bits per heavy atom. The van der Waals surface area contributed by atoms with Crippen molar-refractivity contribution in [2.24, 2.45) is 0 Å². The second kappa shape index (κ2) is 8.80. The van der Waals surface area contributed by atoms with Crippen LogP contribution in [-0.2, 0) is 5.41 Å². The van der Waals surface area contributed by atoms with E-state index in [1.54, 1.807) is 0 Å². The maximum Gasteiger partial charge on any atom is 0.0720 e. The molecule has 1 aliphatic carbocycles. The minimum Gasteiger partial charge on any atom is -0.309 e. The van der Waals surface area contributed by atoms with Crippen LogP contribution in [0.1, 0.15) is 22.3 Å². The van der Waals surface area contributed by atoms with Crippen LogP contribution in [-0.4, -0.2) is 4.57 Å². The van der Waals surface area contributed by atoms with Gasteiger partial charge in [-0.2, -0.15) is 0 Å². The number of para-hydroxylation sites is 2. The topological polar surface area (TPSA) is 4.93 Å². The van der Waals surface area contributed by atoms with Crippen molar-refractivity contribution < 1.29 is 0 Å². The molecule has 0 fully saturated rings. The molecular formula is C41H27N. The summed E-state index contributed by atoms with van der Waals surface area (Å²) < 4.78 is 2.48. The van der Waals surface area contributed by atoms with Crippen LogP contribution in [0.5, 0.6) is 0 Å². The summed E-state index contributed by atoms with van der Waals surface area (Å²) in [5, 5.41) is 5.10. The van der Waals surface area contributed by atoms with Gasteiger partial charge in [0, 0.05) is 16.2 Å². The van der Waals surface area contributed by atoms with Crippen LogP contribution in [0.3, 0.4) is 0 Å². The molecule has 0 radical (unpaired) electrons. The van der Waals surface area contributed by atoms with Gasteiger partial charge in [-0.25, -0.2) is 0 Å². The summed E-state index contributed by atoms with van der Waals surface area (Å²) in [6.07, 6.45) is 0. The van der Waals surface area contributed by atoms with Crippen LogP contribution in [0.2, 0.25) is 0 Å². The summed E-state index contributed by atoms with van der Waals surface area (Å²) in [7, 11) is 0. The summed E-state index contributed by atoms with van der Waals surface area (Å²) in [5.74, 6) is 0. The second-order valence-corrected chi connectivity index (χ2v) is 11.3. The predicted octanol–water partition coefficient (Wildman–Crippen LogP) is 10.3. The Bertz CT molecular complexity index is 2200. The Morgan fingerprint density at radius 2 is 0.976 bits per heavy atom. The zero-order chi connectivity index (χ0) is 27.7. The van der Waals surface area contributed by atoms with E-state index in [1.807, 2.05) is 0 Å². The first kappa shape index (κ1) is 23.3. The summed E-state index contributed by atoms with van der Waals surface area (Å²) >= 11 is 0. The fourth-order valence-corrected chi connectivity index (χ4v) is 7.66. The van der Waals surface area contributed by atoms with Crippen LogP contribution >= 0.6 is 0 Å². The molecule has 1 heteroatoms. The minimum atomic E-state index is -0.469. The molecule has 9 rings (SSSR count). The van der Waals surface area contributed by atoms with Gasteiger partial charge < -0.3 is 4.57 Å². The van der Waals surface area contributed by atoms with Gasteiger partial charge in [0.05, 0.1) is 22.1 Å². The monoisotopic (exact) mass is 533 g/mol. The smallest absolute Gasteiger partial charge is 0.0720 e. The summed E-state index contributed by atoms with van der Waals surface area (Å²) in [6.45, 7) is 0. The number of aromatic nitrogens is 1. The van der Waals surface area contributed by atoms with Crippen molar-refractivity contribution in [3.63, 3.8) is 0 Å². The third kappa shape index (κ3) is 2.97. The Hall–Kier alpha value is -5.40. The first-order valence-corrected chi connectivity index (χ1v) is 14.6. The Kier molecular flexibility index (Phi) is 4.88. The summed E-state index contributed by atoms with van der Waals surface area (Å²) in [5.41, 5.74) is 11.1. The average Bonchev–Trinajstić information content (AvgIpc) is 3.56. The molecule has 0 N–H and O–H groups in total. The van der Waals surface area contributed by atoms with Gasteiger partial charge in [0.15, 0.2) is 0 Å². The van der Waals surface area contributed by atoms with Crippen LogP contribution in [0.25, 0.3) is 49.4 Å². The van der Waals surface area contributed by atoms with Gasteiger partial charge in [0.25, 0.3) is 0 Å². The van der Waals surface area contributed by atoms with E-state index in [9.17, 15) is 0 Å². The zero-order valence-corrected chi connectivity index (χ0v) is 23.0. The van der Waals surface area contributed by atoms with Gasteiger partial charge in [-0.05, 0) is 57.0 Å². The van der Waals surface area contributed by atoms with E-state index in [0.717, 1.165) is 0 Å². The van der Waals surface area contributed by atoms with Crippen molar-refractivity contribution in [2.75, 3.05) is 0 Å². The highest BCUT2D eigenvalue weighted by molar-refractivity contribution is 6.12. The number of rotatable bonds is 3. The summed E-state index contributed by atoms with van der Waals surface area (Å²) in [4.78, 5) is 0. The largest absolute Gasteiger partial charge is 0.309 e. The Morgan fingerprint density at radius 1 is 0.405 bits per heavy atom. The lowest BCUT2D eigenvalue weighted by atomic mass is 9.66. The minimum absolute atomic E-state index is 0.469. The molecule has 1 heterocycles. The van der Waals surface area contributed by atoms with Crippen molar-refractivity contribution in [3.8, 4) is 16.8 Å². The van der Waals surface area contributed by atoms with Crippen LogP contribution in [0, 0.1) is 0 Å². The molecule has 0 saturated carbocycles. The molecule has 42 heavy (non-hydrogen) atoms. The highest BCUT2D eigenvalue weighted by Crippen LogP contribution is 2.58. The molecule has 1 nitrogen and oxygen atoms in total. The van der Waals surface area contributed by atoms with E-state index in [1.165, 1.54) is 71.6 Å². The predicted molar refractivity (Wildman–Crippen MR) is 176 cm³/mol. The SMILES string of the molecule is c1ccc(C2(c3ccccc3)c3ccccc3-c3ccc4cccc(-n5c6ccccc6c6ccccc65)c4c32)cc1. The maximum atomic E-state index is 2.48. The molecule has 0 spiro atoms. The summed E-state index contributed by atoms with van der Waals surface area (Å²) in [6, 6.07) is 60.3. The van der Waals surface area contributed by atoms with Gasteiger partial charge >= 0.3 is 0 Å². The van der Waals surface area contributed by atoms with E-state index < -0.39 is 5.41 Å². The van der Waals surface area contributed by atoms with E-state index in [2.05, 4.69) is 168 Å². The first-order valence-electron chi connectivity index (χ1n) is 14.6. The van der Waals surface area contributed by atoms with Gasteiger partial charge in [-0.15, -0.1) is 0 Å². The fraction of sp³-hybridized carbons (Fsp3) is 0.0244. The zero-order valence-electron chi connectivity index (χ0n) is 23.0. The lowest BCUT2D eigenvalue weighted by molar-refractivity contribution is 0.775. The number of nitrogens with zero attached hydrogens (tertiary/aromatic N) is 1. The van der Waals surface area contributed by atoms with Crippen LogP contribution in [0.4, 0.5) is 0 Å². The second-order valence-electron chi connectivity index (χ2n) is 11.3. The normalized spacial score (nSPS) is 13.4. The number of fused-ring (bicyclic) bond motifs is 8. The molecule has 7 aromatic carbocycles. The maximum absolute atomic E-state index is 2.48. The molecule has 0 aliphatic heterocycles. The quantitative estimate of drug-likeness (QED) is 0.213. The molecule has 0 bridgehead atoms. The van der Waals surface area contributed by atoms with Gasteiger partial charge in [0.2, 0.25) is 0 Å². The third-order valence-corrected chi connectivity index (χ3v) is 9.25. The fourth-order valence-electron chi connectivity index (χ4n) is 7.66. The van der Waals surface area contributed by atoms with E-state index in [0.29, 0.717) is 0 Å². The third-order valence-electron chi connectivity index (χ3n) is 9.25. The number of hydrogen-bond donors (Lipinski definition) is 0. The van der Waals surface area contributed by atoms with Crippen molar-refractivity contribution in [2.45, 2.75) is 5.41 Å². The molecule has 1 aliphatic rings. The lowest BCUT2D eigenvalue weighted by Gasteiger charge is -2.35. The Balaban J connectivity index is 1.53. The van der Waals surface area contributed by atoms with Crippen molar-refractivity contribution in [1.29, 1.82) is 0 Å². The standard InChI is InChI=1S/C41H27N/c1-3-15-29(16-4-1)41(30-17-5-2-6-18-30)35-22-10-7-19-31(35)34-27-26-28-14-13-25-38(39(28)40(34)41)42-36-23-11-8-20-32(36)33-21-9-12-24-37(33)42/h1-27H. The van der Waals surface area contributed by atoms with E-state index in [-0.39, 0.29) is 0 Å². The highest BCUT2D eigenvalue weighted by Gasteiger charge is 2.47. The van der Waals surface area contributed by atoms with Gasteiger partial charge in [-0.1, -0.05) is 146 Å². The highest BCUT2D eigenvalue weighted by atomic mass is 15.0. The molecule has 0 atom stereocenters. The van der Waals surface area contributed by atoms with E-state index >= 15 is 0 Å². The molecule has 0 amide bonds. The molecule has 1 aromatic heterocycles. The van der Waals surface area contributed by atoms with Gasteiger partial charge in [-0.3, -0.25) is 0 Å². The number of benzene rings is 7. The van der Waals surface area contributed by atoms with Crippen LogP contribution in [0.15, 0.2) is 164 Å². The number of hydrogen-bond acceptors (Lipinski definition) is 0. The lowest BCUT2D eigenvalue weighted by Crippen LogP contribution is -2.29. The molecule has 8 aromatic rings. The van der Waals surface area contributed by atoms with Crippen molar-refractivity contribution in [3.05, 3.63) is 186 Å². The average molecular weight is 534 g/mol. The molecular weight excluding hydrogens is 506 g/mol. The van der Waals surface area contributed by atoms with Crippen LogP contribution < -0.4 is 0 Å². The van der Waals surface area contributed by atoms with E-state index in [4.69, 9.17) is 0 Å². The first-order chi connectivity index (χ1) is 20.9. The van der Waals surface area contributed by atoms with Crippen molar-refractivity contribution >= 4 is 32.6 Å². The molecule has 196 valence electrons. The molecule has 0 saturated heterocycles.